The highest BCUT2D eigenvalue weighted by Crippen LogP contribution is 2.21. The van der Waals surface area contributed by atoms with Crippen molar-refractivity contribution in [3.8, 4) is 5.75 Å². The van der Waals surface area contributed by atoms with Gasteiger partial charge in [-0.05, 0) is 57.5 Å². The van der Waals surface area contributed by atoms with Gasteiger partial charge in [0.05, 0.1) is 30.2 Å². The van der Waals surface area contributed by atoms with Crippen molar-refractivity contribution >= 4 is 17.4 Å². The quantitative estimate of drug-likeness (QED) is 0.641. The average molecular weight is 378 g/mol. The van der Waals surface area contributed by atoms with Crippen molar-refractivity contribution in [2.24, 2.45) is 0 Å². The van der Waals surface area contributed by atoms with E-state index in [0.29, 0.717) is 18.8 Å². The number of hydrogen-bond acceptors (Lipinski definition) is 3. The Hall–Kier alpha value is -3.28. The van der Waals surface area contributed by atoms with E-state index in [1.807, 2.05) is 49.7 Å². The van der Waals surface area contributed by atoms with E-state index < -0.39 is 0 Å². The van der Waals surface area contributed by atoms with Crippen molar-refractivity contribution in [1.82, 2.24) is 9.78 Å². The predicted molar refractivity (Wildman–Crippen MR) is 112 cm³/mol. The molecule has 2 N–H and O–H groups in total. The summed E-state index contributed by atoms with van der Waals surface area (Å²) >= 11 is 0. The minimum absolute atomic E-state index is 0.301. The number of nitrogens with one attached hydrogen (secondary N) is 2. The molecule has 0 spiro atoms. The second kappa shape index (κ2) is 8.61. The molecular weight excluding hydrogens is 352 g/mol. The van der Waals surface area contributed by atoms with Gasteiger partial charge in [-0.1, -0.05) is 29.8 Å². The number of hydrogen-bond donors (Lipinski definition) is 2. The Morgan fingerprint density at radius 1 is 1.00 bits per heavy atom. The van der Waals surface area contributed by atoms with Crippen LogP contribution in [-0.4, -0.2) is 22.4 Å². The Morgan fingerprint density at radius 2 is 1.68 bits per heavy atom. The lowest BCUT2D eigenvalue weighted by Crippen LogP contribution is -2.20. The number of anilines is 2. The van der Waals surface area contributed by atoms with Gasteiger partial charge >= 0.3 is 6.03 Å². The van der Waals surface area contributed by atoms with Gasteiger partial charge in [-0.25, -0.2) is 4.79 Å². The number of carbonyl (C=O) groups is 1. The van der Waals surface area contributed by atoms with Gasteiger partial charge < -0.3 is 15.4 Å². The molecule has 1 heterocycles. The molecule has 2 aromatic carbocycles. The van der Waals surface area contributed by atoms with E-state index >= 15 is 0 Å². The molecule has 0 bridgehead atoms. The van der Waals surface area contributed by atoms with Crippen molar-refractivity contribution in [2.75, 3.05) is 17.2 Å². The summed E-state index contributed by atoms with van der Waals surface area (Å²) in [5, 5.41) is 10.3. The minimum atomic E-state index is -0.301. The Balaban J connectivity index is 1.67. The maximum Gasteiger partial charge on any atom is 0.323 e. The van der Waals surface area contributed by atoms with E-state index in [9.17, 15) is 4.79 Å². The zero-order valence-electron chi connectivity index (χ0n) is 16.7. The summed E-state index contributed by atoms with van der Waals surface area (Å²) in [6.45, 7) is 9.13. The van der Waals surface area contributed by atoms with Crippen LogP contribution in [0.25, 0.3) is 0 Å². The molecule has 0 aliphatic heterocycles. The molecule has 6 nitrogen and oxygen atoms in total. The monoisotopic (exact) mass is 378 g/mol. The third-order valence-electron chi connectivity index (χ3n) is 4.50. The van der Waals surface area contributed by atoms with Crippen LogP contribution in [0, 0.1) is 20.8 Å². The van der Waals surface area contributed by atoms with Crippen molar-refractivity contribution in [1.29, 1.82) is 0 Å². The SMILES string of the molecule is CCOc1ccc(NC(=O)Nc2c(C)nn(Cc3ccc(C)cc3)c2C)cc1. The number of rotatable bonds is 6. The topological polar surface area (TPSA) is 68.2 Å². The molecule has 0 atom stereocenters. The summed E-state index contributed by atoms with van der Waals surface area (Å²) < 4.78 is 7.32. The highest BCUT2D eigenvalue weighted by molar-refractivity contribution is 6.00. The molecule has 0 unspecified atom stereocenters. The first-order valence-electron chi connectivity index (χ1n) is 9.36. The molecule has 0 radical (unpaired) electrons. The molecule has 3 aromatic rings. The van der Waals surface area contributed by atoms with Gasteiger partial charge in [-0.15, -0.1) is 0 Å². The fourth-order valence-electron chi connectivity index (χ4n) is 2.98. The molecule has 0 aliphatic rings. The smallest absolute Gasteiger partial charge is 0.323 e. The van der Waals surface area contributed by atoms with Crippen LogP contribution < -0.4 is 15.4 Å². The van der Waals surface area contributed by atoms with Gasteiger partial charge in [0.2, 0.25) is 0 Å². The van der Waals surface area contributed by atoms with E-state index in [1.165, 1.54) is 11.1 Å². The van der Waals surface area contributed by atoms with E-state index in [1.54, 1.807) is 0 Å². The standard InChI is InChI=1S/C22H26N4O2/c1-5-28-20-12-10-19(11-13-20)23-22(27)24-21-16(3)25-26(17(21)4)14-18-8-6-15(2)7-9-18/h6-13H,5,14H2,1-4H3,(H2,23,24,27). The molecule has 0 fully saturated rings. The molecule has 2 amide bonds. The van der Waals surface area contributed by atoms with Crippen LogP contribution in [0.3, 0.4) is 0 Å². The number of aromatic nitrogens is 2. The van der Waals surface area contributed by atoms with Gasteiger partial charge in [-0.3, -0.25) is 4.68 Å². The van der Waals surface area contributed by atoms with Crippen molar-refractivity contribution in [3.05, 3.63) is 71.0 Å². The van der Waals surface area contributed by atoms with Crippen molar-refractivity contribution in [3.63, 3.8) is 0 Å². The third kappa shape index (κ3) is 4.71. The first-order chi connectivity index (χ1) is 13.5. The third-order valence-corrected chi connectivity index (χ3v) is 4.50. The zero-order valence-corrected chi connectivity index (χ0v) is 16.7. The molecule has 6 heteroatoms. The fourth-order valence-corrected chi connectivity index (χ4v) is 2.98. The van der Waals surface area contributed by atoms with E-state index in [-0.39, 0.29) is 6.03 Å². The summed E-state index contributed by atoms with van der Waals surface area (Å²) in [6.07, 6.45) is 0. The zero-order chi connectivity index (χ0) is 20.1. The van der Waals surface area contributed by atoms with Crippen LogP contribution in [-0.2, 0) is 6.54 Å². The lowest BCUT2D eigenvalue weighted by molar-refractivity contribution is 0.262. The highest BCUT2D eigenvalue weighted by Gasteiger charge is 2.14. The summed E-state index contributed by atoms with van der Waals surface area (Å²) in [6, 6.07) is 15.3. The van der Waals surface area contributed by atoms with Gasteiger partial charge in [0, 0.05) is 5.69 Å². The van der Waals surface area contributed by atoms with Gasteiger partial charge in [0.15, 0.2) is 0 Å². The van der Waals surface area contributed by atoms with Crippen LogP contribution in [0.4, 0.5) is 16.2 Å². The molecule has 0 aliphatic carbocycles. The second-order valence-electron chi connectivity index (χ2n) is 6.73. The largest absolute Gasteiger partial charge is 0.494 e. The van der Waals surface area contributed by atoms with Gasteiger partial charge in [-0.2, -0.15) is 5.10 Å². The maximum atomic E-state index is 12.4. The van der Waals surface area contributed by atoms with E-state index in [4.69, 9.17) is 4.74 Å². The summed E-state index contributed by atoms with van der Waals surface area (Å²) in [5.74, 6) is 0.775. The summed E-state index contributed by atoms with van der Waals surface area (Å²) in [7, 11) is 0. The normalized spacial score (nSPS) is 10.6. The molecule has 28 heavy (non-hydrogen) atoms. The lowest BCUT2D eigenvalue weighted by atomic mass is 10.1. The van der Waals surface area contributed by atoms with Gasteiger partial charge in [0.1, 0.15) is 5.75 Å². The van der Waals surface area contributed by atoms with Gasteiger partial charge in [0.25, 0.3) is 0 Å². The molecule has 0 saturated carbocycles. The number of nitrogens with zero attached hydrogens (tertiary/aromatic N) is 2. The van der Waals surface area contributed by atoms with Crippen LogP contribution >= 0.6 is 0 Å². The Kier molecular flexibility index (Phi) is 5.99. The minimum Gasteiger partial charge on any atom is -0.494 e. The summed E-state index contributed by atoms with van der Waals surface area (Å²) in [5.41, 5.74) is 5.53. The number of amides is 2. The number of ether oxygens (including phenoxy) is 1. The first-order valence-corrected chi connectivity index (χ1v) is 9.36. The number of carbonyl (C=O) groups excluding carboxylic acids is 1. The molecule has 146 valence electrons. The molecular formula is C22H26N4O2. The predicted octanol–water partition coefficient (Wildman–Crippen LogP) is 4.90. The van der Waals surface area contributed by atoms with E-state index in [2.05, 4.69) is 46.9 Å². The lowest BCUT2D eigenvalue weighted by Gasteiger charge is -2.10. The maximum absolute atomic E-state index is 12.4. The first kappa shape index (κ1) is 19.5. The van der Waals surface area contributed by atoms with Crippen molar-refractivity contribution in [2.45, 2.75) is 34.2 Å². The fraction of sp³-hybridized carbons (Fsp3) is 0.273. The Morgan fingerprint density at radius 3 is 2.32 bits per heavy atom. The number of aryl methyl sites for hydroxylation is 2. The summed E-state index contributed by atoms with van der Waals surface area (Å²) in [4.78, 5) is 12.4. The average Bonchev–Trinajstić information content (AvgIpc) is 2.93. The molecule has 1 aromatic heterocycles. The number of urea groups is 1. The Bertz CT molecular complexity index is 944. The molecule has 0 saturated heterocycles. The second-order valence-corrected chi connectivity index (χ2v) is 6.73. The highest BCUT2D eigenvalue weighted by atomic mass is 16.5. The van der Waals surface area contributed by atoms with Crippen LogP contribution in [0.2, 0.25) is 0 Å². The van der Waals surface area contributed by atoms with Crippen LogP contribution in [0.5, 0.6) is 5.75 Å². The van der Waals surface area contributed by atoms with E-state index in [0.717, 1.165) is 22.8 Å². The van der Waals surface area contributed by atoms with Crippen LogP contribution in [0.1, 0.15) is 29.4 Å². The van der Waals surface area contributed by atoms with Crippen LogP contribution in [0.15, 0.2) is 48.5 Å². The number of benzene rings is 2. The Labute approximate surface area is 165 Å². The van der Waals surface area contributed by atoms with Crippen molar-refractivity contribution < 1.29 is 9.53 Å². The molecule has 3 rings (SSSR count).